The van der Waals surface area contributed by atoms with Crippen LogP contribution < -0.4 is 0 Å². The molecular weight excluding hydrogens is 300 g/mol. The standard InChI is InChI=1S/C21H22O3/c1-5-14-6-8-16-18(23)11-13(3)20(24)21(16,4)19(14)15-7-9-17(22)12(2)10-15/h5-7,9-11,16,19,22H,1,8H2,2-4H3/t16-,19+,21+/m0/s1. The van der Waals surface area contributed by atoms with E-state index in [0.29, 0.717) is 12.0 Å². The van der Waals surface area contributed by atoms with E-state index in [-0.39, 0.29) is 29.2 Å². The van der Waals surface area contributed by atoms with Crippen LogP contribution in [0.1, 0.15) is 37.3 Å². The van der Waals surface area contributed by atoms with Gasteiger partial charge in [0, 0.05) is 11.8 Å². The Morgan fingerprint density at radius 1 is 1.29 bits per heavy atom. The highest BCUT2D eigenvalue weighted by Gasteiger charge is 2.54. The molecule has 0 saturated carbocycles. The lowest BCUT2D eigenvalue weighted by atomic mass is 9.53. The van der Waals surface area contributed by atoms with Gasteiger partial charge in [0.05, 0.1) is 5.41 Å². The van der Waals surface area contributed by atoms with Crippen molar-refractivity contribution >= 4 is 11.6 Å². The van der Waals surface area contributed by atoms with Crippen molar-refractivity contribution in [1.82, 2.24) is 0 Å². The third kappa shape index (κ3) is 2.19. The van der Waals surface area contributed by atoms with Gasteiger partial charge in [0.1, 0.15) is 5.75 Å². The summed E-state index contributed by atoms with van der Waals surface area (Å²) in [6.07, 6.45) is 5.84. The fourth-order valence-electron chi connectivity index (χ4n) is 4.27. The van der Waals surface area contributed by atoms with Crippen molar-refractivity contribution in [2.45, 2.75) is 33.1 Å². The predicted octanol–water partition coefficient (Wildman–Crippen LogP) is 4.02. The predicted molar refractivity (Wildman–Crippen MR) is 93.8 cm³/mol. The number of allylic oxidation sites excluding steroid dienone is 5. The third-order valence-corrected chi connectivity index (χ3v) is 5.59. The molecular formula is C21H22O3. The minimum Gasteiger partial charge on any atom is -0.508 e. The third-order valence-electron chi connectivity index (χ3n) is 5.59. The van der Waals surface area contributed by atoms with Crippen molar-refractivity contribution in [2.24, 2.45) is 11.3 Å². The lowest BCUT2D eigenvalue weighted by Crippen LogP contribution is -2.49. The van der Waals surface area contributed by atoms with E-state index >= 15 is 0 Å². The van der Waals surface area contributed by atoms with Gasteiger partial charge in [-0.05, 0) is 54.7 Å². The molecule has 0 saturated heterocycles. The second-order valence-electron chi connectivity index (χ2n) is 7.02. The number of ketones is 2. The van der Waals surface area contributed by atoms with Gasteiger partial charge in [0.25, 0.3) is 0 Å². The number of benzene rings is 1. The van der Waals surface area contributed by atoms with Gasteiger partial charge in [-0.1, -0.05) is 37.8 Å². The van der Waals surface area contributed by atoms with Crippen molar-refractivity contribution in [2.75, 3.05) is 0 Å². The molecule has 3 rings (SSSR count). The summed E-state index contributed by atoms with van der Waals surface area (Å²) in [4.78, 5) is 25.7. The summed E-state index contributed by atoms with van der Waals surface area (Å²) in [7, 11) is 0. The largest absolute Gasteiger partial charge is 0.508 e. The summed E-state index contributed by atoms with van der Waals surface area (Å²) >= 11 is 0. The van der Waals surface area contributed by atoms with Gasteiger partial charge in [-0.2, -0.15) is 0 Å². The Bertz CT molecular complexity index is 812. The SMILES string of the molecule is C=CC1=CC[C@H]2C(=O)C=C(C)C(=O)[C@@]2(C)[C@H]1c1ccc(O)c(C)c1. The van der Waals surface area contributed by atoms with E-state index in [1.54, 1.807) is 19.1 Å². The van der Waals surface area contributed by atoms with Crippen molar-refractivity contribution in [1.29, 1.82) is 0 Å². The van der Waals surface area contributed by atoms with Gasteiger partial charge < -0.3 is 5.11 Å². The Hall–Kier alpha value is -2.42. The van der Waals surface area contributed by atoms with Crippen LogP contribution in [-0.2, 0) is 9.59 Å². The summed E-state index contributed by atoms with van der Waals surface area (Å²) in [6, 6.07) is 5.38. The van der Waals surface area contributed by atoms with Gasteiger partial charge in [0.2, 0.25) is 0 Å². The fourth-order valence-corrected chi connectivity index (χ4v) is 4.27. The molecule has 0 radical (unpaired) electrons. The second-order valence-corrected chi connectivity index (χ2v) is 7.02. The smallest absolute Gasteiger partial charge is 0.166 e. The zero-order valence-electron chi connectivity index (χ0n) is 14.3. The van der Waals surface area contributed by atoms with Gasteiger partial charge in [0.15, 0.2) is 11.6 Å². The highest BCUT2D eigenvalue weighted by molar-refractivity contribution is 6.13. The molecule has 1 aromatic rings. The molecule has 1 N–H and O–H groups in total. The Labute approximate surface area is 142 Å². The molecule has 0 fully saturated rings. The maximum Gasteiger partial charge on any atom is 0.166 e. The molecule has 3 atom stereocenters. The number of aryl methyl sites for hydroxylation is 1. The van der Waals surface area contributed by atoms with Gasteiger partial charge in [-0.3, -0.25) is 9.59 Å². The van der Waals surface area contributed by atoms with Crippen molar-refractivity contribution in [3.05, 3.63) is 65.3 Å². The van der Waals surface area contributed by atoms with Gasteiger partial charge in [-0.25, -0.2) is 0 Å². The van der Waals surface area contributed by atoms with Crippen LogP contribution in [0.15, 0.2) is 54.2 Å². The van der Waals surface area contributed by atoms with E-state index in [2.05, 4.69) is 6.58 Å². The zero-order valence-corrected chi connectivity index (χ0v) is 14.3. The Morgan fingerprint density at radius 3 is 2.62 bits per heavy atom. The number of hydrogen-bond acceptors (Lipinski definition) is 3. The van der Waals surface area contributed by atoms with Crippen molar-refractivity contribution in [3.63, 3.8) is 0 Å². The van der Waals surface area contributed by atoms with Crippen LogP contribution in [0.4, 0.5) is 0 Å². The van der Waals surface area contributed by atoms with E-state index < -0.39 is 5.41 Å². The van der Waals surface area contributed by atoms with Crippen LogP contribution in [0.5, 0.6) is 5.75 Å². The summed E-state index contributed by atoms with van der Waals surface area (Å²) in [5.74, 6) is -0.322. The number of rotatable bonds is 2. The van der Waals surface area contributed by atoms with Crippen LogP contribution in [0.2, 0.25) is 0 Å². The molecule has 0 unspecified atom stereocenters. The molecule has 0 amide bonds. The average Bonchev–Trinajstić information content (AvgIpc) is 2.54. The lowest BCUT2D eigenvalue weighted by Gasteiger charge is -2.47. The second kappa shape index (κ2) is 5.59. The molecule has 124 valence electrons. The Morgan fingerprint density at radius 2 is 2.00 bits per heavy atom. The quantitative estimate of drug-likeness (QED) is 0.894. The molecule has 0 bridgehead atoms. The van der Waals surface area contributed by atoms with E-state index in [0.717, 1.165) is 16.7 Å². The number of carbonyl (C=O) groups is 2. The summed E-state index contributed by atoms with van der Waals surface area (Å²) in [5.41, 5.74) is 2.35. The first-order chi connectivity index (χ1) is 11.3. The Kier molecular flexibility index (Phi) is 3.83. The first-order valence-corrected chi connectivity index (χ1v) is 8.19. The molecule has 3 nitrogen and oxygen atoms in total. The minimum absolute atomic E-state index is 0.0227. The molecule has 0 aliphatic heterocycles. The fraction of sp³-hybridized carbons (Fsp3) is 0.333. The first kappa shape index (κ1) is 16.4. The summed E-state index contributed by atoms with van der Waals surface area (Å²) < 4.78 is 0. The van der Waals surface area contributed by atoms with E-state index in [1.165, 1.54) is 6.08 Å². The maximum absolute atomic E-state index is 13.1. The number of Topliss-reactive ketones (excluding diaryl/α,β-unsaturated/α-hetero) is 1. The normalized spacial score (nSPS) is 29.6. The van der Waals surface area contributed by atoms with Crippen LogP contribution in [0.3, 0.4) is 0 Å². The minimum atomic E-state index is -0.822. The maximum atomic E-state index is 13.1. The van der Waals surface area contributed by atoms with Crippen LogP contribution in [0.25, 0.3) is 0 Å². The lowest BCUT2D eigenvalue weighted by molar-refractivity contribution is -0.137. The molecule has 0 aromatic heterocycles. The summed E-state index contributed by atoms with van der Waals surface area (Å²) in [6.45, 7) is 9.35. The van der Waals surface area contributed by atoms with Crippen LogP contribution >= 0.6 is 0 Å². The monoisotopic (exact) mass is 322 g/mol. The molecule has 0 spiro atoms. The number of aromatic hydroxyl groups is 1. The number of phenols is 1. The molecule has 2 aliphatic rings. The molecule has 1 aromatic carbocycles. The highest BCUT2D eigenvalue weighted by Crippen LogP contribution is 2.55. The summed E-state index contributed by atoms with van der Waals surface area (Å²) in [5, 5.41) is 9.83. The molecule has 24 heavy (non-hydrogen) atoms. The van der Waals surface area contributed by atoms with Gasteiger partial charge in [-0.15, -0.1) is 0 Å². The molecule has 2 aliphatic carbocycles. The number of fused-ring (bicyclic) bond motifs is 1. The highest BCUT2D eigenvalue weighted by atomic mass is 16.3. The zero-order chi connectivity index (χ0) is 17.6. The topological polar surface area (TPSA) is 54.4 Å². The van der Waals surface area contributed by atoms with Crippen molar-refractivity contribution in [3.8, 4) is 5.75 Å². The molecule has 0 heterocycles. The van der Waals surface area contributed by atoms with E-state index in [1.807, 2.05) is 32.1 Å². The first-order valence-electron chi connectivity index (χ1n) is 8.19. The van der Waals surface area contributed by atoms with Crippen molar-refractivity contribution < 1.29 is 14.7 Å². The Balaban J connectivity index is 2.24. The van der Waals surface area contributed by atoms with Gasteiger partial charge >= 0.3 is 0 Å². The number of hydrogen-bond donors (Lipinski definition) is 1. The number of phenolic OH excluding ortho intramolecular Hbond substituents is 1. The van der Waals surface area contributed by atoms with E-state index in [4.69, 9.17) is 0 Å². The number of carbonyl (C=O) groups excluding carboxylic acids is 2. The van der Waals surface area contributed by atoms with Crippen LogP contribution in [-0.4, -0.2) is 16.7 Å². The molecule has 3 heteroatoms. The van der Waals surface area contributed by atoms with Crippen LogP contribution in [0, 0.1) is 18.3 Å². The van der Waals surface area contributed by atoms with E-state index in [9.17, 15) is 14.7 Å². The average molecular weight is 322 g/mol.